The maximum Gasteiger partial charge on any atom is 0.227 e. The number of piperidine rings is 2. The molecule has 2 saturated heterocycles. The molecule has 1 N–H and O–H groups in total. The lowest BCUT2D eigenvalue weighted by Crippen LogP contribution is -2.52. The number of aliphatic hydroxyl groups excluding tert-OH is 1. The van der Waals surface area contributed by atoms with Crippen LogP contribution in [-0.4, -0.2) is 73.4 Å². The third-order valence-corrected chi connectivity index (χ3v) is 5.04. The molecule has 2 fully saturated rings. The molecule has 2 aliphatic rings. The summed E-state index contributed by atoms with van der Waals surface area (Å²) in [5.74, 6) is 0.516. The minimum atomic E-state index is -0.399. The predicted octanol–water partition coefficient (Wildman–Crippen LogP) is 0.965. The zero-order valence-electron chi connectivity index (χ0n) is 14.2. The zero-order chi connectivity index (χ0) is 16.6. The third kappa shape index (κ3) is 3.40. The molecule has 1 atom stereocenters. The van der Waals surface area contributed by atoms with Gasteiger partial charge in [-0.1, -0.05) is 0 Å². The lowest BCUT2D eigenvalue weighted by molar-refractivity contribution is -0.0113. The molecular formula is C16H26FN5O. The van der Waals surface area contributed by atoms with Crippen LogP contribution in [0.4, 0.5) is 16.2 Å². The molecule has 0 saturated carbocycles. The van der Waals surface area contributed by atoms with Gasteiger partial charge < -0.3 is 19.8 Å². The van der Waals surface area contributed by atoms with E-state index in [1.165, 1.54) is 6.20 Å². The SMILES string of the molecule is CN1CC(O)CC2(CCN(c3ncc(F)c(N(C)C)n3)CC2)C1. The van der Waals surface area contributed by atoms with Gasteiger partial charge in [0, 0.05) is 40.3 Å². The average molecular weight is 323 g/mol. The highest BCUT2D eigenvalue weighted by Crippen LogP contribution is 2.40. The van der Waals surface area contributed by atoms with Crippen LogP contribution in [0.3, 0.4) is 0 Å². The number of likely N-dealkylation sites (N-methyl/N-ethyl adjacent to an activating group) is 1. The summed E-state index contributed by atoms with van der Waals surface area (Å²) in [5, 5.41) is 10.1. The van der Waals surface area contributed by atoms with Crippen molar-refractivity contribution in [2.24, 2.45) is 5.41 Å². The van der Waals surface area contributed by atoms with Crippen LogP contribution in [0.2, 0.25) is 0 Å². The van der Waals surface area contributed by atoms with Gasteiger partial charge in [-0.25, -0.2) is 9.37 Å². The van der Waals surface area contributed by atoms with Gasteiger partial charge in [0.25, 0.3) is 0 Å². The number of β-amino-alcohol motifs (C(OH)–C–C–N with tert-alkyl or cyclic N) is 1. The van der Waals surface area contributed by atoms with Gasteiger partial charge in [-0.15, -0.1) is 0 Å². The van der Waals surface area contributed by atoms with E-state index in [-0.39, 0.29) is 11.5 Å². The summed E-state index contributed by atoms with van der Waals surface area (Å²) in [6.07, 6.45) is 3.90. The molecular weight excluding hydrogens is 297 g/mol. The summed E-state index contributed by atoms with van der Waals surface area (Å²) < 4.78 is 13.7. The number of aliphatic hydroxyl groups is 1. The minimum absolute atomic E-state index is 0.188. The molecule has 2 aliphatic heterocycles. The largest absolute Gasteiger partial charge is 0.392 e. The highest BCUT2D eigenvalue weighted by molar-refractivity contribution is 5.44. The van der Waals surface area contributed by atoms with Gasteiger partial charge in [-0.05, 0) is 31.7 Å². The lowest BCUT2D eigenvalue weighted by atomic mass is 9.72. The van der Waals surface area contributed by atoms with E-state index in [1.807, 2.05) is 0 Å². The highest BCUT2D eigenvalue weighted by Gasteiger charge is 2.41. The first-order chi connectivity index (χ1) is 10.9. The molecule has 3 heterocycles. The van der Waals surface area contributed by atoms with E-state index in [4.69, 9.17) is 0 Å². The summed E-state index contributed by atoms with van der Waals surface area (Å²) in [5.41, 5.74) is 0.188. The van der Waals surface area contributed by atoms with E-state index in [1.54, 1.807) is 19.0 Å². The Labute approximate surface area is 136 Å². The Morgan fingerprint density at radius 2 is 2.04 bits per heavy atom. The fourth-order valence-corrected chi connectivity index (χ4v) is 3.98. The van der Waals surface area contributed by atoms with Crippen LogP contribution < -0.4 is 9.80 Å². The van der Waals surface area contributed by atoms with Gasteiger partial charge in [0.2, 0.25) is 5.95 Å². The number of halogens is 1. The molecule has 0 aliphatic carbocycles. The Balaban J connectivity index is 1.71. The monoisotopic (exact) mass is 323 g/mol. The van der Waals surface area contributed by atoms with Crippen LogP contribution in [0, 0.1) is 11.2 Å². The third-order valence-electron chi connectivity index (χ3n) is 5.04. The number of anilines is 2. The average Bonchev–Trinajstić information content (AvgIpc) is 2.47. The summed E-state index contributed by atoms with van der Waals surface area (Å²) in [4.78, 5) is 14.5. The number of likely N-dealkylation sites (tertiary alicyclic amines) is 1. The normalized spacial score (nSPS) is 24.9. The summed E-state index contributed by atoms with van der Waals surface area (Å²) in [7, 11) is 5.63. The Morgan fingerprint density at radius 1 is 1.35 bits per heavy atom. The first-order valence-corrected chi connectivity index (χ1v) is 8.20. The predicted molar refractivity (Wildman–Crippen MR) is 88.3 cm³/mol. The van der Waals surface area contributed by atoms with Crippen molar-refractivity contribution in [3.8, 4) is 0 Å². The molecule has 0 aromatic carbocycles. The second kappa shape index (κ2) is 6.20. The maximum atomic E-state index is 13.7. The van der Waals surface area contributed by atoms with Crippen molar-refractivity contribution < 1.29 is 9.50 Å². The van der Waals surface area contributed by atoms with Crippen molar-refractivity contribution >= 4 is 11.8 Å². The second-order valence-corrected chi connectivity index (χ2v) is 7.28. The van der Waals surface area contributed by atoms with Crippen LogP contribution in [0.15, 0.2) is 6.20 Å². The fourth-order valence-electron chi connectivity index (χ4n) is 3.98. The molecule has 1 aromatic rings. The Hall–Kier alpha value is -1.47. The Kier molecular flexibility index (Phi) is 4.42. The van der Waals surface area contributed by atoms with Crippen molar-refractivity contribution in [3.63, 3.8) is 0 Å². The van der Waals surface area contributed by atoms with Gasteiger partial charge in [-0.2, -0.15) is 4.98 Å². The van der Waals surface area contributed by atoms with E-state index >= 15 is 0 Å². The molecule has 3 rings (SSSR count). The van der Waals surface area contributed by atoms with Crippen molar-refractivity contribution in [1.29, 1.82) is 0 Å². The van der Waals surface area contributed by atoms with Gasteiger partial charge in [-0.3, -0.25) is 0 Å². The number of rotatable bonds is 2. The van der Waals surface area contributed by atoms with Crippen molar-refractivity contribution in [2.45, 2.75) is 25.4 Å². The highest BCUT2D eigenvalue weighted by atomic mass is 19.1. The van der Waals surface area contributed by atoms with Gasteiger partial charge in [0.05, 0.1) is 12.3 Å². The van der Waals surface area contributed by atoms with E-state index in [2.05, 4.69) is 26.8 Å². The Morgan fingerprint density at radius 3 is 2.65 bits per heavy atom. The van der Waals surface area contributed by atoms with Crippen LogP contribution in [-0.2, 0) is 0 Å². The molecule has 6 nitrogen and oxygen atoms in total. The number of nitrogens with zero attached hydrogens (tertiary/aromatic N) is 5. The number of aromatic nitrogens is 2. The zero-order valence-corrected chi connectivity index (χ0v) is 14.2. The summed E-state index contributed by atoms with van der Waals surface area (Å²) in [6.45, 7) is 3.49. The smallest absolute Gasteiger partial charge is 0.227 e. The molecule has 1 aromatic heterocycles. The second-order valence-electron chi connectivity index (χ2n) is 7.28. The molecule has 23 heavy (non-hydrogen) atoms. The van der Waals surface area contributed by atoms with E-state index in [9.17, 15) is 9.50 Å². The van der Waals surface area contributed by atoms with Gasteiger partial charge in [0.1, 0.15) is 0 Å². The quantitative estimate of drug-likeness (QED) is 0.875. The molecule has 1 spiro atoms. The topological polar surface area (TPSA) is 55.7 Å². The first kappa shape index (κ1) is 16.4. The Bertz CT molecular complexity index is 547. The molecule has 1 unspecified atom stereocenters. The summed E-state index contributed by atoms with van der Waals surface area (Å²) in [6, 6.07) is 0. The van der Waals surface area contributed by atoms with Crippen LogP contribution in [0.25, 0.3) is 0 Å². The molecule has 0 radical (unpaired) electrons. The molecule has 0 bridgehead atoms. The lowest BCUT2D eigenvalue weighted by Gasteiger charge is -2.48. The fraction of sp³-hybridized carbons (Fsp3) is 0.750. The van der Waals surface area contributed by atoms with E-state index < -0.39 is 5.82 Å². The van der Waals surface area contributed by atoms with Crippen molar-refractivity contribution in [1.82, 2.24) is 14.9 Å². The van der Waals surface area contributed by atoms with Crippen LogP contribution in [0.1, 0.15) is 19.3 Å². The van der Waals surface area contributed by atoms with Crippen LogP contribution in [0.5, 0.6) is 0 Å². The maximum absolute atomic E-state index is 13.7. The number of hydrogen-bond acceptors (Lipinski definition) is 6. The van der Waals surface area contributed by atoms with Crippen LogP contribution >= 0.6 is 0 Å². The summed E-state index contributed by atoms with van der Waals surface area (Å²) >= 11 is 0. The number of hydrogen-bond donors (Lipinski definition) is 1. The van der Waals surface area contributed by atoms with Crippen molar-refractivity contribution in [3.05, 3.63) is 12.0 Å². The standard InChI is InChI=1S/C16H26FN5O/c1-20(2)14-13(17)9-18-15(19-14)22-6-4-16(5-7-22)8-12(23)10-21(3)11-16/h9,12,23H,4-8,10-11H2,1-3H3. The van der Waals surface area contributed by atoms with E-state index in [0.717, 1.165) is 45.4 Å². The van der Waals surface area contributed by atoms with Crippen molar-refractivity contribution in [2.75, 3.05) is 57.1 Å². The molecule has 7 heteroatoms. The van der Waals surface area contributed by atoms with Gasteiger partial charge >= 0.3 is 0 Å². The molecule has 128 valence electrons. The van der Waals surface area contributed by atoms with Gasteiger partial charge in [0.15, 0.2) is 11.6 Å². The first-order valence-electron chi connectivity index (χ1n) is 8.20. The minimum Gasteiger partial charge on any atom is -0.392 e. The molecule has 0 amide bonds. The van der Waals surface area contributed by atoms with E-state index in [0.29, 0.717) is 11.8 Å².